The van der Waals surface area contributed by atoms with Crippen molar-refractivity contribution >= 4 is 58.2 Å². The highest BCUT2D eigenvalue weighted by Crippen LogP contribution is 2.37. The lowest BCUT2D eigenvalue weighted by Crippen LogP contribution is -2.21. The maximum atomic E-state index is 12.7. The lowest BCUT2D eigenvalue weighted by molar-refractivity contribution is 0.0718. The number of ether oxygens (including phenoxy) is 3. The molecular formula is C36H43Cl4N13O6. The van der Waals surface area contributed by atoms with Gasteiger partial charge in [-0.15, -0.1) is 10.2 Å². The van der Waals surface area contributed by atoms with Crippen LogP contribution in [0.15, 0.2) is 60.2 Å². The quantitative estimate of drug-likeness (QED) is 0.0869. The van der Waals surface area contributed by atoms with Gasteiger partial charge in [0.25, 0.3) is 5.56 Å². The monoisotopic (exact) mass is 893 g/mol. The number of esters is 1. The predicted octanol–water partition coefficient (Wildman–Crippen LogP) is 5.64. The average Bonchev–Trinajstić information content (AvgIpc) is 4.08. The molecule has 4 aromatic heterocycles. The number of rotatable bonds is 17. The first-order chi connectivity index (χ1) is 28.5. The number of nitrogens with zero attached hydrogens (tertiary/aromatic N) is 12. The maximum Gasteiger partial charge on any atom is 0.346 e. The Morgan fingerprint density at radius 2 is 1.27 bits per heavy atom. The van der Waals surface area contributed by atoms with E-state index in [1.54, 1.807) is 23.9 Å². The smallest absolute Gasteiger partial charge is 0.346 e. The summed E-state index contributed by atoms with van der Waals surface area (Å²) in [5.41, 5.74) is -0.148. The van der Waals surface area contributed by atoms with Crippen molar-refractivity contribution in [1.29, 1.82) is 0 Å². The van der Waals surface area contributed by atoms with Gasteiger partial charge in [-0.25, -0.2) is 18.8 Å². The molecule has 6 aromatic rings. The predicted molar refractivity (Wildman–Crippen MR) is 220 cm³/mol. The molecule has 59 heavy (non-hydrogen) atoms. The molecule has 0 spiro atoms. The van der Waals surface area contributed by atoms with E-state index in [-0.39, 0.29) is 61.5 Å². The SMILES string of the molecule is CCN(CC)CC.CCn1[nH]cc(C(=O)c2ccc(Cl)c(OCCn3cnnn3)c2Cl)c1=O.CCn1nccc1OC(=O)c1ccc(Cl)c(OCCn2cnnn2)c1Cl. The molecule has 0 saturated carbocycles. The lowest BCUT2D eigenvalue weighted by atomic mass is 10.1. The molecule has 0 aliphatic heterocycles. The summed E-state index contributed by atoms with van der Waals surface area (Å²) >= 11 is 24.9. The average molecular weight is 896 g/mol. The molecule has 0 saturated heterocycles. The molecule has 19 nitrogen and oxygen atoms in total. The van der Waals surface area contributed by atoms with Gasteiger partial charge in [0.1, 0.15) is 31.4 Å². The Labute approximate surface area is 359 Å². The molecule has 0 aliphatic carbocycles. The number of halogens is 4. The molecule has 2 aromatic carbocycles. The Hall–Kier alpha value is -5.34. The van der Waals surface area contributed by atoms with E-state index >= 15 is 0 Å². The summed E-state index contributed by atoms with van der Waals surface area (Å²) < 4.78 is 22.4. The molecule has 0 fully saturated rings. The number of carbonyl (C=O) groups excluding carboxylic acids is 2. The van der Waals surface area contributed by atoms with Gasteiger partial charge in [-0.05, 0) is 78.6 Å². The molecule has 1 N–H and O–H groups in total. The fraction of sp³-hybridized carbons (Fsp3) is 0.389. The van der Waals surface area contributed by atoms with Crippen molar-refractivity contribution < 1.29 is 23.8 Å². The van der Waals surface area contributed by atoms with Gasteiger partial charge < -0.3 is 24.2 Å². The van der Waals surface area contributed by atoms with Crippen LogP contribution in [0, 0.1) is 0 Å². The fourth-order valence-corrected chi connectivity index (χ4v) is 6.25. The topological polar surface area (TPSA) is 208 Å². The summed E-state index contributed by atoms with van der Waals surface area (Å²) in [5.74, 6) is -0.458. The third kappa shape index (κ3) is 12.6. The zero-order valence-electron chi connectivity index (χ0n) is 32.9. The lowest BCUT2D eigenvalue weighted by Gasteiger charge is -2.13. The molecule has 316 valence electrons. The van der Waals surface area contributed by atoms with E-state index in [2.05, 4.69) is 66.9 Å². The summed E-state index contributed by atoms with van der Waals surface area (Å²) in [4.78, 5) is 39.7. The number of H-pyrrole nitrogens is 1. The first-order valence-electron chi connectivity index (χ1n) is 18.4. The van der Waals surface area contributed by atoms with Crippen LogP contribution in [0.3, 0.4) is 0 Å². The molecule has 0 atom stereocenters. The van der Waals surface area contributed by atoms with E-state index in [4.69, 9.17) is 60.6 Å². The van der Waals surface area contributed by atoms with Crippen molar-refractivity contribution in [2.45, 2.75) is 60.8 Å². The highest BCUT2D eigenvalue weighted by Gasteiger charge is 2.23. The van der Waals surface area contributed by atoms with Crippen LogP contribution in [-0.4, -0.2) is 109 Å². The first kappa shape index (κ1) is 46.4. The molecule has 6 rings (SSSR count). The van der Waals surface area contributed by atoms with Crippen molar-refractivity contribution in [2.24, 2.45) is 0 Å². The minimum absolute atomic E-state index is 0.00397. The van der Waals surface area contributed by atoms with Crippen LogP contribution in [0.2, 0.25) is 20.1 Å². The third-order valence-corrected chi connectivity index (χ3v) is 9.74. The number of aromatic nitrogens is 12. The van der Waals surface area contributed by atoms with E-state index < -0.39 is 17.3 Å². The molecule has 4 heterocycles. The van der Waals surface area contributed by atoms with Crippen LogP contribution in [0.4, 0.5) is 0 Å². The summed E-state index contributed by atoms with van der Waals surface area (Å²) in [7, 11) is 0. The van der Waals surface area contributed by atoms with E-state index in [0.717, 1.165) is 0 Å². The van der Waals surface area contributed by atoms with Gasteiger partial charge in [0.05, 0.1) is 44.9 Å². The van der Waals surface area contributed by atoms with Crippen LogP contribution in [-0.2, 0) is 26.2 Å². The number of hydrogen-bond acceptors (Lipinski definition) is 14. The van der Waals surface area contributed by atoms with Crippen molar-refractivity contribution in [3.8, 4) is 17.4 Å². The van der Waals surface area contributed by atoms with Crippen LogP contribution >= 0.6 is 46.4 Å². The van der Waals surface area contributed by atoms with Crippen LogP contribution in [0.25, 0.3) is 0 Å². The largest absolute Gasteiger partial charge is 0.488 e. The number of hydrogen-bond donors (Lipinski definition) is 1. The highest BCUT2D eigenvalue weighted by molar-refractivity contribution is 6.40. The van der Waals surface area contributed by atoms with E-state index in [1.807, 2.05) is 6.92 Å². The standard InChI is InChI=1S/2C15H14Cl2N6O3.C6H15N/c1-2-23-15(25)10(7-19-23)13(24)9-3-4-11(16)14(12(9)17)26-6-5-22-8-18-20-21-22;1-2-23-12(5-6-19-23)26-15(24)10-3-4-11(16)14(13(10)17)25-8-7-22-9-18-20-21-22;1-4-7(5-2)6-3/h3-4,7-8,19H,2,5-6H2,1H3;3-6,9H,2,7-8H2,1H3;4-6H2,1-3H3. The Morgan fingerprint density at radius 1 is 0.729 bits per heavy atom. The number of aryl methyl sites for hydroxylation is 2. The second kappa shape index (κ2) is 23.3. The molecule has 0 bridgehead atoms. The van der Waals surface area contributed by atoms with Gasteiger partial charge in [-0.1, -0.05) is 67.2 Å². The number of nitrogens with one attached hydrogen (secondary N) is 1. The summed E-state index contributed by atoms with van der Waals surface area (Å²) in [6.45, 7) is 16.0. The third-order valence-electron chi connectivity index (χ3n) is 8.40. The number of ketones is 1. The van der Waals surface area contributed by atoms with Crippen LogP contribution in [0.5, 0.6) is 17.4 Å². The normalized spacial score (nSPS) is 10.7. The molecular weight excluding hydrogens is 852 g/mol. The molecule has 0 amide bonds. The zero-order chi connectivity index (χ0) is 42.9. The Balaban J connectivity index is 0.000000225. The molecule has 23 heteroatoms. The van der Waals surface area contributed by atoms with E-state index in [1.165, 1.54) is 76.8 Å². The van der Waals surface area contributed by atoms with Gasteiger partial charge in [0, 0.05) is 30.9 Å². The van der Waals surface area contributed by atoms with Gasteiger partial charge in [-0.3, -0.25) is 14.3 Å². The second-order valence-corrected chi connectivity index (χ2v) is 13.4. The van der Waals surface area contributed by atoms with Gasteiger partial charge in [0.2, 0.25) is 11.7 Å². The van der Waals surface area contributed by atoms with Gasteiger partial charge >= 0.3 is 5.97 Å². The van der Waals surface area contributed by atoms with Gasteiger partial charge in [0.15, 0.2) is 11.5 Å². The summed E-state index contributed by atoms with van der Waals surface area (Å²) in [5, 5.41) is 28.9. The van der Waals surface area contributed by atoms with Crippen molar-refractivity contribution in [3.05, 3.63) is 103 Å². The zero-order valence-corrected chi connectivity index (χ0v) is 35.9. The minimum Gasteiger partial charge on any atom is -0.488 e. The minimum atomic E-state index is -0.632. The summed E-state index contributed by atoms with van der Waals surface area (Å²) in [6.07, 6.45) is 5.80. The van der Waals surface area contributed by atoms with E-state index in [9.17, 15) is 14.4 Å². The van der Waals surface area contributed by atoms with Gasteiger partial charge in [-0.2, -0.15) is 5.10 Å². The second-order valence-electron chi connectivity index (χ2n) is 11.9. The number of tetrazole rings is 2. The van der Waals surface area contributed by atoms with Crippen LogP contribution < -0.4 is 19.8 Å². The Bertz CT molecular complexity index is 2290. The molecule has 0 aliphatic rings. The highest BCUT2D eigenvalue weighted by atomic mass is 35.5. The number of benzene rings is 2. The maximum absolute atomic E-state index is 12.7. The van der Waals surface area contributed by atoms with E-state index in [0.29, 0.717) is 32.1 Å². The molecule has 0 unspecified atom stereocenters. The Morgan fingerprint density at radius 3 is 1.73 bits per heavy atom. The number of aromatic amines is 1. The fourth-order valence-electron chi connectivity index (χ4n) is 5.13. The molecule has 0 radical (unpaired) electrons. The van der Waals surface area contributed by atoms with Crippen molar-refractivity contribution in [2.75, 3.05) is 32.8 Å². The van der Waals surface area contributed by atoms with Crippen molar-refractivity contribution in [3.63, 3.8) is 0 Å². The van der Waals surface area contributed by atoms with Crippen LogP contribution in [0.1, 0.15) is 60.9 Å². The first-order valence-corrected chi connectivity index (χ1v) is 19.9. The van der Waals surface area contributed by atoms with Crippen molar-refractivity contribution in [1.82, 2.24) is 64.9 Å². The number of carbonyl (C=O) groups is 2. The Kier molecular flexibility index (Phi) is 18.3. The summed E-state index contributed by atoms with van der Waals surface area (Å²) in [6, 6.07) is 7.55.